The Labute approximate surface area is 121 Å². The van der Waals surface area contributed by atoms with E-state index in [0.717, 1.165) is 0 Å². The van der Waals surface area contributed by atoms with Gasteiger partial charge in [-0.05, 0) is 12.1 Å². The molecule has 1 aromatic heterocycles. The maximum absolute atomic E-state index is 13.5. The van der Waals surface area contributed by atoms with Crippen molar-refractivity contribution in [1.82, 2.24) is 9.97 Å². The predicted octanol–water partition coefficient (Wildman–Crippen LogP) is 3.64. The second-order valence-electron chi connectivity index (χ2n) is 4.51. The monoisotopic (exact) mass is 293 g/mol. The Morgan fingerprint density at radius 2 is 2.05 bits per heavy atom. The van der Waals surface area contributed by atoms with Crippen LogP contribution >= 0.6 is 11.6 Å². The van der Waals surface area contributed by atoms with E-state index in [1.165, 1.54) is 18.3 Å². The second-order valence-corrected chi connectivity index (χ2v) is 4.92. The van der Waals surface area contributed by atoms with Crippen molar-refractivity contribution < 1.29 is 9.18 Å². The lowest BCUT2D eigenvalue weighted by molar-refractivity contribution is 0.102. The third-order valence-corrected chi connectivity index (χ3v) is 2.89. The van der Waals surface area contributed by atoms with E-state index in [1.54, 1.807) is 12.1 Å². The van der Waals surface area contributed by atoms with E-state index in [-0.39, 0.29) is 22.3 Å². The number of nitrogens with zero attached hydrogens (tertiary/aromatic N) is 2. The second kappa shape index (κ2) is 5.96. The number of amides is 1. The van der Waals surface area contributed by atoms with E-state index in [1.807, 2.05) is 13.8 Å². The number of anilines is 1. The highest BCUT2D eigenvalue weighted by atomic mass is 35.5. The molecule has 0 saturated carbocycles. The summed E-state index contributed by atoms with van der Waals surface area (Å²) in [5, 5.41) is 2.57. The fourth-order valence-corrected chi connectivity index (χ4v) is 1.74. The molecule has 0 aliphatic rings. The lowest BCUT2D eigenvalue weighted by atomic mass is 10.2. The van der Waals surface area contributed by atoms with Crippen molar-refractivity contribution in [3.05, 3.63) is 52.8 Å². The molecule has 0 saturated heterocycles. The number of para-hydroxylation sites is 1. The van der Waals surface area contributed by atoms with Gasteiger partial charge in [-0.2, -0.15) is 0 Å². The summed E-state index contributed by atoms with van der Waals surface area (Å²) < 4.78 is 13.5. The molecule has 4 nitrogen and oxygen atoms in total. The number of benzene rings is 1. The maximum atomic E-state index is 13.5. The molecule has 6 heteroatoms. The lowest BCUT2D eigenvalue weighted by Gasteiger charge is -2.09. The molecule has 0 bridgehead atoms. The molecule has 2 rings (SSSR count). The average Bonchev–Trinajstić information content (AvgIpc) is 2.41. The summed E-state index contributed by atoms with van der Waals surface area (Å²) in [6, 6.07) is 5.89. The van der Waals surface area contributed by atoms with Gasteiger partial charge in [-0.25, -0.2) is 14.4 Å². The number of aromatic nitrogens is 2. The Morgan fingerprint density at radius 1 is 1.35 bits per heavy atom. The first-order valence-corrected chi connectivity index (χ1v) is 6.45. The summed E-state index contributed by atoms with van der Waals surface area (Å²) in [7, 11) is 0. The SMILES string of the molecule is CC(C)c1ncc(Cl)c(C(=O)Nc2ccccc2F)n1. The lowest BCUT2D eigenvalue weighted by Crippen LogP contribution is -2.17. The van der Waals surface area contributed by atoms with Gasteiger partial charge in [0.1, 0.15) is 11.6 Å². The van der Waals surface area contributed by atoms with Crippen LogP contribution < -0.4 is 5.32 Å². The van der Waals surface area contributed by atoms with Crippen molar-refractivity contribution in [3.63, 3.8) is 0 Å². The van der Waals surface area contributed by atoms with Crippen LogP contribution in [0.1, 0.15) is 36.1 Å². The highest BCUT2D eigenvalue weighted by molar-refractivity contribution is 6.33. The van der Waals surface area contributed by atoms with Gasteiger partial charge in [0.05, 0.1) is 16.9 Å². The van der Waals surface area contributed by atoms with Gasteiger partial charge in [0.15, 0.2) is 5.69 Å². The van der Waals surface area contributed by atoms with Crippen molar-refractivity contribution >= 4 is 23.2 Å². The van der Waals surface area contributed by atoms with Crippen LogP contribution in [-0.2, 0) is 0 Å². The van der Waals surface area contributed by atoms with E-state index in [2.05, 4.69) is 15.3 Å². The minimum atomic E-state index is -0.565. The number of halogens is 2. The molecule has 1 amide bonds. The molecule has 1 heterocycles. The van der Waals surface area contributed by atoms with Gasteiger partial charge in [-0.1, -0.05) is 37.6 Å². The summed E-state index contributed by atoms with van der Waals surface area (Å²) in [5.74, 6) is -0.514. The van der Waals surface area contributed by atoms with Crippen LogP contribution in [0.15, 0.2) is 30.5 Å². The summed E-state index contributed by atoms with van der Waals surface area (Å²) in [4.78, 5) is 20.3. The van der Waals surface area contributed by atoms with Gasteiger partial charge in [-0.15, -0.1) is 0 Å². The minimum Gasteiger partial charge on any atom is -0.318 e. The van der Waals surface area contributed by atoms with Crippen LogP contribution in [0.4, 0.5) is 10.1 Å². The first kappa shape index (κ1) is 14.4. The fraction of sp³-hybridized carbons (Fsp3) is 0.214. The van der Waals surface area contributed by atoms with Crippen LogP contribution in [0.3, 0.4) is 0 Å². The Balaban J connectivity index is 2.30. The van der Waals surface area contributed by atoms with E-state index >= 15 is 0 Å². The molecule has 0 aliphatic carbocycles. The van der Waals surface area contributed by atoms with E-state index < -0.39 is 11.7 Å². The molecule has 0 radical (unpaired) electrons. The molecular formula is C14H13ClFN3O. The highest BCUT2D eigenvalue weighted by Gasteiger charge is 2.16. The van der Waals surface area contributed by atoms with Crippen LogP contribution in [0.25, 0.3) is 0 Å². The normalized spacial score (nSPS) is 10.7. The molecule has 104 valence electrons. The van der Waals surface area contributed by atoms with E-state index in [9.17, 15) is 9.18 Å². The Kier molecular flexibility index (Phi) is 4.29. The maximum Gasteiger partial charge on any atom is 0.276 e. The largest absolute Gasteiger partial charge is 0.318 e. The van der Waals surface area contributed by atoms with Gasteiger partial charge in [0, 0.05) is 5.92 Å². The fourth-order valence-electron chi connectivity index (χ4n) is 1.56. The van der Waals surface area contributed by atoms with Crippen molar-refractivity contribution in [2.75, 3.05) is 5.32 Å². The van der Waals surface area contributed by atoms with E-state index in [4.69, 9.17) is 11.6 Å². The third kappa shape index (κ3) is 3.11. The van der Waals surface area contributed by atoms with Crippen molar-refractivity contribution in [3.8, 4) is 0 Å². The Hall–Kier alpha value is -2.01. The summed E-state index contributed by atoms with van der Waals surface area (Å²) in [6.07, 6.45) is 1.38. The smallest absolute Gasteiger partial charge is 0.276 e. The Morgan fingerprint density at radius 3 is 2.70 bits per heavy atom. The highest BCUT2D eigenvalue weighted by Crippen LogP contribution is 2.19. The molecule has 0 fully saturated rings. The number of rotatable bonds is 3. The van der Waals surface area contributed by atoms with Gasteiger partial charge in [-0.3, -0.25) is 4.79 Å². The van der Waals surface area contributed by atoms with E-state index in [0.29, 0.717) is 5.82 Å². The molecule has 1 N–H and O–H groups in total. The zero-order valence-electron chi connectivity index (χ0n) is 11.0. The molecule has 1 aromatic carbocycles. The first-order valence-electron chi connectivity index (χ1n) is 6.07. The summed E-state index contributed by atoms with van der Waals surface area (Å²) in [5.41, 5.74) is 0.117. The number of hydrogen-bond donors (Lipinski definition) is 1. The molecule has 0 aliphatic heterocycles. The molecule has 20 heavy (non-hydrogen) atoms. The van der Waals surface area contributed by atoms with Crippen molar-refractivity contribution in [2.24, 2.45) is 0 Å². The zero-order chi connectivity index (χ0) is 14.7. The van der Waals surface area contributed by atoms with Gasteiger partial charge < -0.3 is 5.32 Å². The molecule has 0 spiro atoms. The number of carbonyl (C=O) groups is 1. The Bertz CT molecular complexity index is 646. The molecule has 0 unspecified atom stereocenters. The van der Waals surface area contributed by atoms with Gasteiger partial charge >= 0.3 is 0 Å². The van der Waals surface area contributed by atoms with Crippen LogP contribution in [0.2, 0.25) is 5.02 Å². The minimum absolute atomic E-state index is 0.0358. The van der Waals surface area contributed by atoms with Gasteiger partial charge in [0.2, 0.25) is 0 Å². The predicted molar refractivity (Wildman–Crippen MR) is 75.5 cm³/mol. The average molecular weight is 294 g/mol. The van der Waals surface area contributed by atoms with Gasteiger partial charge in [0.25, 0.3) is 5.91 Å². The van der Waals surface area contributed by atoms with Crippen molar-refractivity contribution in [2.45, 2.75) is 19.8 Å². The number of carbonyl (C=O) groups excluding carboxylic acids is 1. The van der Waals surface area contributed by atoms with Crippen LogP contribution in [-0.4, -0.2) is 15.9 Å². The quantitative estimate of drug-likeness (QED) is 0.940. The molecular weight excluding hydrogens is 281 g/mol. The number of hydrogen-bond acceptors (Lipinski definition) is 3. The number of nitrogens with one attached hydrogen (secondary N) is 1. The molecule has 0 atom stereocenters. The first-order chi connectivity index (χ1) is 9.49. The summed E-state index contributed by atoms with van der Waals surface area (Å²) >= 11 is 5.92. The summed E-state index contributed by atoms with van der Waals surface area (Å²) in [6.45, 7) is 3.81. The van der Waals surface area contributed by atoms with Crippen molar-refractivity contribution in [1.29, 1.82) is 0 Å². The standard InChI is InChI=1S/C14H13ClFN3O/c1-8(2)13-17-7-9(15)12(19-13)14(20)18-11-6-4-3-5-10(11)16/h3-8H,1-2H3,(H,18,20). The van der Waals surface area contributed by atoms with Crippen LogP contribution in [0.5, 0.6) is 0 Å². The molecule has 2 aromatic rings. The third-order valence-electron chi connectivity index (χ3n) is 2.62. The zero-order valence-corrected chi connectivity index (χ0v) is 11.8. The topological polar surface area (TPSA) is 54.9 Å². The van der Waals surface area contributed by atoms with Crippen LogP contribution in [0, 0.1) is 5.82 Å².